The molecule has 0 rings (SSSR count). The molecule has 0 aromatic carbocycles. The summed E-state index contributed by atoms with van der Waals surface area (Å²) in [7, 11) is 0. The molecule has 1 atom stereocenters. The molecule has 2 nitrogen and oxygen atoms in total. The van der Waals surface area contributed by atoms with E-state index >= 15 is 0 Å². The predicted octanol–water partition coefficient (Wildman–Crippen LogP) is 4.32. The summed E-state index contributed by atoms with van der Waals surface area (Å²) in [5.74, 6) is 1.06. The number of hydrogen-bond donors (Lipinski definition) is 1. The van der Waals surface area contributed by atoms with Gasteiger partial charge in [-0.1, -0.05) is 59.3 Å². The molecule has 0 radical (unpaired) electrons. The summed E-state index contributed by atoms with van der Waals surface area (Å²) in [6.07, 6.45) is 10.6. The van der Waals surface area contributed by atoms with Gasteiger partial charge in [0.05, 0.1) is 0 Å². The Hall–Kier alpha value is -0.370. The maximum Gasteiger partial charge on any atom is 0.137 e. The van der Waals surface area contributed by atoms with Gasteiger partial charge in [-0.05, 0) is 18.8 Å². The van der Waals surface area contributed by atoms with Crippen LogP contribution < -0.4 is 5.73 Å². The lowest BCUT2D eigenvalue weighted by Crippen LogP contribution is -2.25. The molecule has 0 aliphatic heterocycles. The van der Waals surface area contributed by atoms with E-state index in [4.69, 9.17) is 5.73 Å². The summed E-state index contributed by atoms with van der Waals surface area (Å²) in [6, 6.07) is 0. The predicted molar refractivity (Wildman–Crippen MR) is 79.6 cm³/mol. The molecule has 2 heteroatoms. The Balaban J connectivity index is 3.56. The van der Waals surface area contributed by atoms with Gasteiger partial charge in [0.25, 0.3) is 0 Å². The molecule has 0 heterocycles. The van der Waals surface area contributed by atoms with Crippen LogP contribution >= 0.6 is 0 Å². The molecule has 0 bridgehead atoms. The molecule has 0 aromatic heterocycles. The van der Waals surface area contributed by atoms with Crippen LogP contribution in [0.1, 0.15) is 78.6 Å². The minimum Gasteiger partial charge on any atom is -0.330 e. The Morgan fingerprint density at radius 2 is 1.56 bits per heavy atom. The normalized spacial score (nSPS) is 12.9. The van der Waals surface area contributed by atoms with E-state index in [-0.39, 0.29) is 5.92 Å². The van der Waals surface area contributed by atoms with Crippen LogP contribution in [-0.2, 0) is 4.79 Å². The number of rotatable bonds is 12. The molecule has 1 unspecified atom stereocenters. The van der Waals surface area contributed by atoms with E-state index in [1.54, 1.807) is 0 Å². The zero-order valence-electron chi connectivity index (χ0n) is 12.7. The van der Waals surface area contributed by atoms with Crippen LogP contribution in [0.2, 0.25) is 0 Å². The Morgan fingerprint density at radius 1 is 1.00 bits per heavy atom. The van der Waals surface area contributed by atoms with E-state index in [0.29, 0.717) is 18.2 Å². The van der Waals surface area contributed by atoms with E-state index in [1.807, 2.05) is 0 Å². The number of nitrogens with two attached hydrogens (primary N) is 1. The Morgan fingerprint density at radius 3 is 2.06 bits per heavy atom. The van der Waals surface area contributed by atoms with Crippen molar-refractivity contribution in [1.82, 2.24) is 0 Å². The highest BCUT2D eigenvalue weighted by atomic mass is 16.1. The average molecular weight is 255 g/mol. The van der Waals surface area contributed by atoms with E-state index in [0.717, 1.165) is 19.3 Å². The van der Waals surface area contributed by atoms with Gasteiger partial charge < -0.3 is 5.73 Å². The van der Waals surface area contributed by atoms with Crippen molar-refractivity contribution in [2.75, 3.05) is 6.54 Å². The first-order valence-corrected chi connectivity index (χ1v) is 7.84. The third kappa shape index (κ3) is 9.64. The van der Waals surface area contributed by atoms with Gasteiger partial charge in [-0.25, -0.2) is 0 Å². The highest BCUT2D eigenvalue weighted by molar-refractivity contribution is 5.81. The highest BCUT2D eigenvalue weighted by Gasteiger charge is 2.17. The summed E-state index contributed by atoms with van der Waals surface area (Å²) < 4.78 is 0. The van der Waals surface area contributed by atoms with Crippen LogP contribution in [0.25, 0.3) is 0 Å². The van der Waals surface area contributed by atoms with Gasteiger partial charge >= 0.3 is 0 Å². The summed E-state index contributed by atoms with van der Waals surface area (Å²) >= 11 is 0. The van der Waals surface area contributed by atoms with Gasteiger partial charge in [0.1, 0.15) is 5.78 Å². The van der Waals surface area contributed by atoms with Crippen molar-refractivity contribution in [3.8, 4) is 0 Å². The van der Waals surface area contributed by atoms with Gasteiger partial charge in [0.2, 0.25) is 0 Å². The van der Waals surface area contributed by atoms with E-state index in [1.165, 1.54) is 38.5 Å². The van der Waals surface area contributed by atoms with Gasteiger partial charge in [-0.3, -0.25) is 4.79 Å². The molecule has 2 N–H and O–H groups in total. The molecule has 0 aliphatic carbocycles. The van der Waals surface area contributed by atoms with Crippen molar-refractivity contribution in [3.05, 3.63) is 0 Å². The van der Waals surface area contributed by atoms with Gasteiger partial charge in [0, 0.05) is 18.9 Å². The molecule has 0 amide bonds. The zero-order chi connectivity index (χ0) is 13.8. The van der Waals surface area contributed by atoms with Crippen molar-refractivity contribution in [1.29, 1.82) is 0 Å². The minimum atomic E-state index is 0.102. The number of Topliss-reactive ketones (excluding diaryl/α,β-unsaturated/α-hetero) is 1. The third-order valence-electron chi connectivity index (χ3n) is 3.52. The zero-order valence-corrected chi connectivity index (χ0v) is 12.7. The largest absolute Gasteiger partial charge is 0.330 e. The lowest BCUT2D eigenvalue weighted by atomic mass is 9.90. The maximum absolute atomic E-state index is 12.0. The summed E-state index contributed by atoms with van der Waals surface area (Å²) in [5, 5.41) is 0. The molecule has 18 heavy (non-hydrogen) atoms. The van der Waals surface area contributed by atoms with Crippen LogP contribution in [0.3, 0.4) is 0 Å². The standard InChI is InChI=1S/C16H33NO/c1-4-5-6-7-8-9-10-11-16(18)15(13-17)12-14(2)3/h14-15H,4-13,17H2,1-3H3. The van der Waals surface area contributed by atoms with E-state index in [9.17, 15) is 4.79 Å². The average Bonchev–Trinajstić information content (AvgIpc) is 2.34. The van der Waals surface area contributed by atoms with Gasteiger partial charge in [-0.15, -0.1) is 0 Å². The topological polar surface area (TPSA) is 43.1 Å². The number of ketones is 1. The summed E-state index contributed by atoms with van der Waals surface area (Å²) in [5.41, 5.74) is 5.69. The number of hydrogen-bond acceptors (Lipinski definition) is 2. The van der Waals surface area contributed by atoms with Crippen molar-refractivity contribution in [2.24, 2.45) is 17.6 Å². The SMILES string of the molecule is CCCCCCCCCC(=O)C(CN)CC(C)C. The van der Waals surface area contributed by atoms with Crippen molar-refractivity contribution >= 4 is 5.78 Å². The molecule has 0 fully saturated rings. The van der Waals surface area contributed by atoms with Crippen LogP contribution in [0.4, 0.5) is 0 Å². The first-order valence-electron chi connectivity index (χ1n) is 7.84. The number of carbonyl (C=O) groups excluding carboxylic acids is 1. The first-order chi connectivity index (χ1) is 8.61. The van der Waals surface area contributed by atoms with Crippen LogP contribution in [0.5, 0.6) is 0 Å². The smallest absolute Gasteiger partial charge is 0.137 e. The fraction of sp³-hybridized carbons (Fsp3) is 0.938. The second-order valence-electron chi connectivity index (χ2n) is 5.90. The number of carbonyl (C=O) groups is 1. The maximum atomic E-state index is 12.0. The van der Waals surface area contributed by atoms with Crippen molar-refractivity contribution in [3.63, 3.8) is 0 Å². The lowest BCUT2D eigenvalue weighted by Gasteiger charge is -2.15. The summed E-state index contributed by atoms with van der Waals surface area (Å²) in [6.45, 7) is 7.07. The number of unbranched alkanes of at least 4 members (excludes halogenated alkanes) is 6. The lowest BCUT2D eigenvalue weighted by molar-refractivity contribution is -0.123. The summed E-state index contributed by atoms with van der Waals surface area (Å²) in [4.78, 5) is 12.0. The monoisotopic (exact) mass is 255 g/mol. The molecular weight excluding hydrogens is 222 g/mol. The second kappa shape index (κ2) is 11.7. The third-order valence-corrected chi connectivity index (χ3v) is 3.52. The second-order valence-corrected chi connectivity index (χ2v) is 5.90. The fourth-order valence-electron chi connectivity index (χ4n) is 2.39. The van der Waals surface area contributed by atoms with E-state index < -0.39 is 0 Å². The van der Waals surface area contributed by atoms with Crippen LogP contribution in [0, 0.1) is 11.8 Å². The van der Waals surface area contributed by atoms with Gasteiger partial charge in [-0.2, -0.15) is 0 Å². The van der Waals surface area contributed by atoms with E-state index in [2.05, 4.69) is 20.8 Å². The Bertz CT molecular complexity index is 201. The molecule has 108 valence electrons. The molecular formula is C16H33NO. The molecule has 0 saturated carbocycles. The first kappa shape index (κ1) is 17.6. The molecule has 0 aromatic rings. The van der Waals surface area contributed by atoms with Crippen molar-refractivity contribution < 1.29 is 4.79 Å². The Labute approximate surface area is 114 Å². The Kier molecular flexibility index (Phi) is 11.5. The fourth-order valence-corrected chi connectivity index (χ4v) is 2.39. The molecule has 0 spiro atoms. The molecule has 0 saturated heterocycles. The van der Waals surface area contributed by atoms with Crippen LogP contribution in [0.15, 0.2) is 0 Å². The van der Waals surface area contributed by atoms with Crippen LogP contribution in [-0.4, -0.2) is 12.3 Å². The van der Waals surface area contributed by atoms with Gasteiger partial charge in [0.15, 0.2) is 0 Å². The van der Waals surface area contributed by atoms with Crippen molar-refractivity contribution in [2.45, 2.75) is 78.6 Å². The quantitative estimate of drug-likeness (QED) is 0.528. The molecule has 0 aliphatic rings. The minimum absolute atomic E-state index is 0.102. The highest BCUT2D eigenvalue weighted by Crippen LogP contribution is 2.16.